The summed E-state index contributed by atoms with van der Waals surface area (Å²) in [6.07, 6.45) is 0.459. The topological polar surface area (TPSA) is 36.3 Å². The van der Waals surface area contributed by atoms with Gasteiger partial charge in [0, 0.05) is 30.1 Å². The van der Waals surface area contributed by atoms with Crippen molar-refractivity contribution in [3.63, 3.8) is 0 Å². The highest BCUT2D eigenvalue weighted by Crippen LogP contribution is 2.23. The van der Waals surface area contributed by atoms with E-state index in [1.54, 1.807) is 0 Å². The van der Waals surface area contributed by atoms with Crippen molar-refractivity contribution in [2.75, 3.05) is 25.4 Å². The Morgan fingerprint density at radius 1 is 1.35 bits per heavy atom. The minimum absolute atomic E-state index is 0.459. The molecule has 0 radical (unpaired) electrons. The number of hydrogen-bond acceptors (Lipinski definition) is 4. The monoisotopic (exact) mass is 290 g/mol. The minimum Gasteiger partial charge on any atom is -0.492 e. The first-order chi connectivity index (χ1) is 9.70. The Labute approximate surface area is 125 Å². The number of hydrogen-bond donors (Lipinski definition) is 0. The van der Waals surface area contributed by atoms with E-state index in [9.17, 15) is 0 Å². The molecule has 2 rings (SSSR count). The molecular formula is C16H22N2OS. The molecule has 1 aromatic carbocycles. The van der Waals surface area contributed by atoms with Crippen molar-refractivity contribution in [3.05, 3.63) is 29.8 Å². The summed E-state index contributed by atoms with van der Waals surface area (Å²) in [5, 5.41) is 9.34. The molecular weight excluding hydrogens is 268 g/mol. The summed E-state index contributed by atoms with van der Waals surface area (Å²) in [7, 11) is 0. The van der Waals surface area contributed by atoms with E-state index < -0.39 is 0 Å². The third kappa shape index (κ3) is 4.16. The smallest absolute Gasteiger partial charge is 0.119 e. The summed E-state index contributed by atoms with van der Waals surface area (Å²) in [5.41, 5.74) is 1.04. The largest absolute Gasteiger partial charge is 0.492 e. The Morgan fingerprint density at radius 3 is 2.80 bits per heavy atom. The van der Waals surface area contributed by atoms with Crippen molar-refractivity contribution in [1.82, 2.24) is 4.90 Å². The minimum atomic E-state index is 0.459. The van der Waals surface area contributed by atoms with Gasteiger partial charge in [0.15, 0.2) is 0 Å². The highest BCUT2D eigenvalue weighted by atomic mass is 32.2. The summed E-state index contributed by atoms with van der Waals surface area (Å²) in [5.74, 6) is 2.10. The van der Waals surface area contributed by atoms with Crippen LogP contribution in [-0.2, 0) is 6.42 Å². The molecule has 1 aliphatic heterocycles. The maximum atomic E-state index is 8.63. The van der Waals surface area contributed by atoms with E-state index in [-0.39, 0.29) is 0 Å². The van der Waals surface area contributed by atoms with Crippen molar-refractivity contribution in [2.24, 2.45) is 0 Å². The first-order valence-electron chi connectivity index (χ1n) is 7.15. The Hall–Kier alpha value is -1.18. The number of nitrogens with zero attached hydrogens (tertiary/aromatic N) is 2. The van der Waals surface area contributed by atoms with Crippen molar-refractivity contribution in [3.8, 4) is 11.8 Å². The number of rotatable bonds is 5. The van der Waals surface area contributed by atoms with Gasteiger partial charge in [0.1, 0.15) is 12.4 Å². The lowest BCUT2D eigenvalue weighted by atomic mass is 10.2. The van der Waals surface area contributed by atoms with Crippen LogP contribution in [0.1, 0.15) is 19.4 Å². The number of ether oxygens (including phenoxy) is 1. The Balaban J connectivity index is 1.76. The molecule has 1 heterocycles. The molecule has 4 heteroatoms. The number of thioether (sulfide) groups is 1. The lowest BCUT2D eigenvalue weighted by molar-refractivity contribution is 0.170. The fourth-order valence-corrected chi connectivity index (χ4v) is 3.55. The first-order valence-corrected chi connectivity index (χ1v) is 8.20. The molecule has 1 aliphatic rings. The lowest BCUT2D eigenvalue weighted by Crippen LogP contribution is -2.46. The van der Waals surface area contributed by atoms with Crippen LogP contribution >= 0.6 is 11.8 Å². The third-order valence-corrected chi connectivity index (χ3v) is 5.21. The molecule has 0 bridgehead atoms. The average molecular weight is 290 g/mol. The molecule has 20 heavy (non-hydrogen) atoms. The molecule has 108 valence electrons. The van der Waals surface area contributed by atoms with Crippen molar-refractivity contribution in [2.45, 2.75) is 31.6 Å². The zero-order valence-corrected chi connectivity index (χ0v) is 13.0. The van der Waals surface area contributed by atoms with E-state index >= 15 is 0 Å². The third-order valence-electron chi connectivity index (χ3n) is 3.87. The summed E-state index contributed by atoms with van der Waals surface area (Å²) in [6.45, 7) is 7.45. The molecule has 2 unspecified atom stereocenters. The molecule has 3 nitrogen and oxygen atoms in total. The highest BCUT2D eigenvalue weighted by molar-refractivity contribution is 8.00. The van der Waals surface area contributed by atoms with E-state index in [2.05, 4.69) is 36.6 Å². The SMILES string of the molecule is CC1SCCN(CCOc2ccc(CC#N)cc2)C1C. The quantitative estimate of drug-likeness (QED) is 0.835. The lowest BCUT2D eigenvalue weighted by Gasteiger charge is -2.37. The molecule has 0 spiro atoms. The highest BCUT2D eigenvalue weighted by Gasteiger charge is 2.24. The van der Waals surface area contributed by atoms with Crippen LogP contribution < -0.4 is 4.74 Å². The van der Waals surface area contributed by atoms with E-state index in [0.29, 0.717) is 17.7 Å². The van der Waals surface area contributed by atoms with Crippen LogP contribution in [0.2, 0.25) is 0 Å². The second-order valence-electron chi connectivity index (χ2n) is 5.18. The zero-order valence-electron chi connectivity index (χ0n) is 12.2. The van der Waals surface area contributed by atoms with Gasteiger partial charge in [-0.25, -0.2) is 0 Å². The van der Waals surface area contributed by atoms with Gasteiger partial charge < -0.3 is 4.74 Å². The van der Waals surface area contributed by atoms with Gasteiger partial charge in [-0.3, -0.25) is 4.90 Å². The molecule has 1 saturated heterocycles. The summed E-state index contributed by atoms with van der Waals surface area (Å²) < 4.78 is 5.79. The molecule has 0 aliphatic carbocycles. The van der Waals surface area contributed by atoms with Gasteiger partial charge in [0.05, 0.1) is 12.5 Å². The van der Waals surface area contributed by atoms with E-state index in [0.717, 1.165) is 31.0 Å². The van der Waals surface area contributed by atoms with Crippen LogP contribution in [0.5, 0.6) is 5.75 Å². The molecule has 1 aromatic rings. The number of benzene rings is 1. The Bertz CT molecular complexity index is 455. The van der Waals surface area contributed by atoms with Crippen LogP contribution in [0.15, 0.2) is 24.3 Å². The van der Waals surface area contributed by atoms with Crippen LogP contribution in [0.25, 0.3) is 0 Å². The van der Waals surface area contributed by atoms with Gasteiger partial charge in [-0.2, -0.15) is 17.0 Å². The summed E-state index contributed by atoms with van der Waals surface area (Å²) in [4.78, 5) is 2.51. The van der Waals surface area contributed by atoms with Gasteiger partial charge in [0.25, 0.3) is 0 Å². The summed E-state index contributed by atoms with van der Waals surface area (Å²) >= 11 is 2.06. The molecule has 0 aromatic heterocycles. The van der Waals surface area contributed by atoms with E-state index in [1.165, 1.54) is 5.75 Å². The molecule has 0 saturated carbocycles. The molecule has 0 amide bonds. The second-order valence-corrected chi connectivity index (χ2v) is 6.66. The normalized spacial score (nSPS) is 23.2. The van der Waals surface area contributed by atoms with Crippen LogP contribution in [0.3, 0.4) is 0 Å². The second kappa shape index (κ2) is 7.56. The van der Waals surface area contributed by atoms with E-state index in [4.69, 9.17) is 10.00 Å². The molecule has 0 N–H and O–H groups in total. The maximum Gasteiger partial charge on any atom is 0.119 e. The predicted molar refractivity (Wildman–Crippen MR) is 84.2 cm³/mol. The Morgan fingerprint density at radius 2 is 2.10 bits per heavy atom. The predicted octanol–water partition coefficient (Wildman–Crippen LogP) is 2.96. The standard InChI is InChI=1S/C16H22N2OS/c1-13-14(2)20-12-10-18(13)9-11-19-16-5-3-15(4-6-16)7-8-17/h3-6,13-14H,7,9-12H2,1-2H3. The van der Waals surface area contributed by atoms with Crippen LogP contribution in [-0.4, -0.2) is 41.6 Å². The number of nitriles is 1. The van der Waals surface area contributed by atoms with Crippen molar-refractivity contribution < 1.29 is 4.74 Å². The Kier molecular flexibility index (Phi) is 5.75. The van der Waals surface area contributed by atoms with Gasteiger partial charge in [-0.1, -0.05) is 19.1 Å². The summed E-state index contributed by atoms with van der Waals surface area (Å²) in [6, 6.07) is 10.6. The fraction of sp³-hybridized carbons (Fsp3) is 0.562. The fourth-order valence-electron chi connectivity index (χ4n) is 2.39. The van der Waals surface area contributed by atoms with Crippen molar-refractivity contribution in [1.29, 1.82) is 5.26 Å². The van der Waals surface area contributed by atoms with Gasteiger partial charge >= 0.3 is 0 Å². The van der Waals surface area contributed by atoms with Gasteiger partial charge in [-0.15, -0.1) is 0 Å². The van der Waals surface area contributed by atoms with Gasteiger partial charge in [0.2, 0.25) is 0 Å². The maximum absolute atomic E-state index is 8.63. The van der Waals surface area contributed by atoms with Crippen LogP contribution in [0, 0.1) is 11.3 Å². The van der Waals surface area contributed by atoms with Crippen LogP contribution in [0.4, 0.5) is 0 Å². The van der Waals surface area contributed by atoms with E-state index in [1.807, 2.05) is 24.3 Å². The van der Waals surface area contributed by atoms with Gasteiger partial charge in [-0.05, 0) is 24.6 Å². The molecule has 2 atom stereocenters. The zero-order chi connectivity index (χ0) is 14.4. The molecule has 1 fully saturated rings. The van der Waals surface area contributed by atoms with Crippen molar-refractivity contribution >= 4 is 11.8 Å². The first kappa shape index (κ1) is 15.2. The average Bonchev–Trinajstić information content (AvgIpc) is 2.46.